The van der Waals surface area contributed by atoms with Crippen LogP contribution in [0.1, 0.15) is 29.7 Å². The number of halogens is 1. The summed E-state index contributed by atoms with van der Waals surface area (Å²) >= 11 is 6.05. The Labute approximate surface area is 174 Å². The molecule has 1 amide bonds. The number of hydrogen-bond donors (Lipinski definition) is 1. The number of amides is 1. The minimum absolute atomic E-state index is 0.157. The zero-order valence-corrected chi connectivity index (χ0v) is 17.0. The highest BCUT2D eigenvalue weighted by atomic mass is 35.5. The van der Waals surface area contributed by atoms with Crippen molar-refractivity contribution in [2.75, 3.05) is 19.0 Å². The Bertz CT molecular complexity index is 969. The Morgan fingerprint density at radius 2 is 1.83 bits per heavy atom. The third-order valence-electron chi connectivity index (χ3n) is 3.98. The molecule has 0 atom stereocenters. The minimum Gasteiger partial charge on any atom is -0.493 e. The first-order chi connectivity index (χ1) is 14.1. The van der Waals surface area contributed by atoms with Crippen LogP contribution >= 0.6 is 11.6 Å². The summed E-state index contributed by atoms with van der Waals surface area (Å²) in [5.41, 5.74) is 0.485. The summed E-state index contributed by atoms with van der Waals surface area (Å²) in [6.45, 7) is 2.71. The first kappa shape index (κ1) is 20.6. The van der Waals surface area contributed by atoms with Crippen LogP contribution in [0.2, 0.25) is 5.02 Å². The van der Waals surface area contributed by atoms with Crippen molar-refractivity contribution >= 4 is 23.2 Å². The Morgan fingerprint density at radius 3 is 2.59 bits per heavy atom. The lowest BCUT2D eigenvalue weighted by molar-refractivity contribution is 0.0992. The molecule has 1 N–H and O–H groups in total. The van der Waals surface area contributed by atoms with Crippen molar-refractivity contribution in [1.82, 2.24) is 0 Å². The van der Waals surface area contributed by atoms with E-state index in [1.54, 1.807) is 49.6 Å². The summed E-state index contributed by atoms with van der Waals surface area (Å²) in [5.74, 6) is 2.03. The molecular weight excluding hydrogens is 394 g/mol. The van der Waals surface area contributed by atoms with Crippen LogP contribution in [-0.4, -0.2) is 19.6 Å². The number of methoxy groups -OCH3 is 1. The molecular formula is C22H22ClNO5. The maximum Gasteiger partial charge on any atom is 0.291 e. The SMILES string of the molecule is CCCOc1ccc(Cl)cc1NC(=O)c1ccc(COc2ccccc2OC)o1. The summed E-state index contributed by atoms with van der Waals surface area (Å²) in [7, 11) is 1.58. The molecule has 0 aliphatic rings. The van der Waals surface area contributed by atoms with Gasteiger partial charge >= 0.3 is 0 Å². The Hall–Kier alpha value is -3.12. The highest BCUT2D eigenvalue weighted by Gasteiger charge is 2.15. The van der Waals surface area contributed by atoms with E-state index in [-0.39, 0.29) is 12.4 Å². The predicted octanol–water partition coefficient (Wildman–Crippen LogP) is 5.56. The molecule has 3 rings (SSSR count). The average Bonchev–Trinajstić information content (AvgIpc) is 3.21. The normalized spacial score (nSPS) is 10.4. The number of nitrogens with one attached hydrogen (secondary N) is 1. The molecule has 0 radical (unpaired) electrons. The Kier molecular flexibility index (Phi) is 7.03. The Balaban J connectivity index is 1.66. The molecule has 0 unspecified atom stereocenters. The van der Waals surface area contributed by atoms with Crippen LogP contribution in [0.4, 0.5) is 5.69 Å². The number of ether oxygens (including phenoxy) is 3. The molecule has 0 saturated heterocycles. The number of carbonyl (C=O) groups excluding carboxylic acids is 1. The largest absolute Gasteiger partial charge is 0.493 e. The second-order valence-electron chi connectivity index (χ2n) is 6.15. The molecule has 1 heterocycles. The first-order valence-corrected chi connectivity index (χ1v) is 9.56. The zero-order chi connectivity index (χ0) is 20.6. The maximum atomic E-state index is 12.6. The second-order valence-corrected chi connectivity index (χ2v) is 6.58. The highest BCUT2D eigenvalue weighted by Crippen LogP contribution is 2.29. The summed E-state index contributed by atoms with van der Waals surface area (Å²) in [5, 5.41) is 3.27. The van der Waals surface area contributed by atoms with Crippen molar-refractivity contribution in [3.05, 3.63) is 71.1 Å². The van der Waals surface area contributed by atoms with Gasteiger partial charge < -0.3 is 23.9 Å². The predicted molar refractivity (Wildman–Crippen MR) is 111 cm³/mol. The van der Waals surface area contributed by atoms with Crippen molar-refractivity contribution in [3.8, 4) is 17.2 Å². The molecule has 0 aliphatic heterocycles. The van der Waals surface area contributed by atoms with Gasteiger partial charge in [-0.05, 0) is 48.9 Å². The van der Waals surface area contributed by atoms with Gasteiger partial charge in [0.1, 0.15) is 18.1 Å². The molecule has 0 spiro atoms. The Morgan fingerprint density at radius 1 is 1.03 bits per heavy atom. The molecule has 7 heteroatoms. The van der Waals surface area contributed by atoms with E-state index in [0.29, 0.717) is 40.3 Å². The van der Waals surface area contributed by atoms with Crippen LogP contribution in [0.3, 0.4) is 0 Å². The van der Waals surface area contributed by atoms with Crippen molar-refractivity contribution in [1.29, 1.82) is 0 Å². The van der Waals surface area contributed by atoms with E-state index in [4.69, 9.17) is 30.2 Å². The molecule has 2 aromatic carbocycles. The fraction of sp³-hybridized carbons (Fsp3) is 0.227. The monoisotopic (exact) mass is 415 g/mol. The number of carbonyl (C=O) groups is 1. The van der Waals surface area contributed by atoms with E-state index >= 15 is 0 Å². The summed E-state index contributed by atoms with van der Waals surface area (Å²) in [6, 6.07) is 15.7. The van der Waals surface area contributed by atoms with Crippen molar-refractivity contribution < 1.29 is 23.4 Å². The molecule has 3 aromatic rings. The van der Waals surface area contributed by atoms with E-state index in [1.165, 1.54) is 0 Å². The molecule has 0 saturated carbocycles. The van der Waals surface area contributed by atoms with Gasteiger partial charge in [0.05, 0.1) is 19.4 Å². The van der Waals surface area contributed by atoms with Crippen molar-refractivity contribution in [3.63, 3.8) is 0 Å². The topological polar surface area (TPSA) is 69.9 Å². The van der Waals surface area contributed by atoms with Crippen LogP contribution < -0.4 is 19.5 Å². The summed E-state index contributed by atoms with van der Waals surface area (Å²) < 4.78 is 22.2. The fourth-order valence-electron chi connectivity index (χ4n) is 2.59. The van der Waals surface area contributed by atoms with Crippen LogP contribution in [0.5, 0.6) is 17.2 Å². The number of para-hydroxylation sites is 2. The maximum absolute atomic E-state index is 12.6. The number of hydrogen-bond acceptors (Lipinski definition) is 5. The molecule has 29 heavy (non-hydrogen) atoms. The minimum atomic E-state index is -0.405. The number of anilines is 1. The summed E-state index contributed by atoms with van der Waals surface area (Å²) in [6.07, 6.45) is 0.851. The lowest BCUT2D eigenvalue weighted by atomic mass is 10.2. The van der Waals surface area contributed by atoms with Crippen LogP contribution in [-0.2, 0) is 6.61 Å². The van der Waals surface area contributed by atoms with Gasteiger partial charge in [0.15, 0.2) is 17.3 Å². The molecule has 6 nitrogen and oxygen atoms in total. The van der Waals surface area contributed by atoms with Gasteiger partial charge in [-0.25, -0.2) is 0 Å². The highest BCUT2D eigenvalue weighted by molar-refractivity contribution is 6.31. The summed E-state index contributed by atoms with van der Waals surface area (Å²) in [4.78, 5) is 12.6. The number of furan rings is 1. The average molecular weight is 416 g/mol. The van der Waals surface area contributed by atoms with E-state index in [0.717, 1.165) is 6.42 Å². The van der Waals surface area contributed by atoms with E-state index in [2.05, 4.69) is 5.32 Å². The number of rotatable bonds is 9. The first-order valence-electron chi connectivity index (χ1n) is 9.19. The molecule has 0 bridgehead atoms. The second kappa shape index (κ2) is 9.89. The van der Waals surface area contributed by atoms with Gasteiger partial charge in [-0.1, -0.05) is 30.7 Å². The van der Waals surface area contributed by atoms with Crippen molar-refractivity contribution in [2.45, 2.75) is 20.0 Å². The van der Waals surface area contributed by atoms with Gasteiger partial charge in [0.25, 0.3) is 5.91 Å². The van der Waals surface area contributed by atoms with Crippen molar-refractivity contribution in [2.24, 2.45) is 0 Å². The fourth-order valence-corrected chi connectivity index (χ4v) is 2.76. The van der Waals surface area contributed by atoms with Gasteiger partial charge in [-0.3, -0.25) is 4.79 Å². The van der Waals surface area contributed by atoms with Gasteiger partial charge in [-0.15, -0.1) is 0 Å². The quantitative estimate of drug-likeness (QED) is 0.495. The van der Waals surface area contributed by atoms with Gasteiger partial charge in [0.2, 0.25) is 0 Å². The zero-order valence-electron chi connectivity index (χ0n) is 16.2. The molecule has 0 aliphatic carbocycles. The molecule has 152 valence electrons. The third-order valence-corrected chi connectivity index (χ3v) is 4.21. The van der Waals surface area contributed by atoms with E-state index in [1.807, 2.05) is 19.1 Å². The van der Waals surface area contributed by atoms with Gasteiger partial charge in [0, 0.05) is 5.02 Å². The smallest absolute Gasteiger partial charge is 0.291 e. The van der Waals surface area contributed by atoms with Gasteiger partial charge in [-0.2, -0.15) is 0 Å². The van der Waals surface area contributed by atoms with E-state index in [9.17, 15) is 4.79 Å². The van der Waals surface area contributed by atoms with E-state index < -0.39 is 5.91 Å². The van der Waals surface area contributed by atoms with Crippen LogP contribution in [0.25, 0.3) is 0 Å². The standard InChI is InChI=1S/C22H22ClNO5/c1-3-12-27-18-10-8-15(23)13-17(18)24-22(25)21-11-9-16(29-21)14-28-20-7-5-4-6-19(20)26-2/h4-11,13H,3,12,14H2,1-2H3,(H,24,25). The van der Waals surface area contributed by atoms with Crippen LogP contribution in [0.15, 0.2) is 59.0 Å². The number of benzene rings is 2. The lowest BCUT2D eigenvalue weighted by Gasteiger charge is -2.12. The molecule has 1 aromatic heterocycles. The molecule has 0 fully saturated rings. The van der Waals surface area contributed by atoms with Crippen LogP contribution in [0, 0.1) is 0 Å². The lowest BCUT2D eigenvalue weighted by Crippen LogP contribution is -2.12. The third kappa shape index (κ3) is 5.45.